The number of rotatable bonds is 1. The largest absolute Gasteiger partial charge is 0.366 e. The maximum atomic E-state index is 14.0. The molecule has 2 saturated heterocycles. The van der Waals surface area contributed by atoms with Crippen LogP contribution in [0.2, 0.25) is 5.02 Å². The van der Waals surface area contributed by atoms with E-state index < -0.39 is 11.6 Å². The number of fused-ring (bicyclic) bond motifs is 1. The van der Waals surface area contributed by atoms with Crippen molar-refractivity contribution in [3.05, 3.63) is 28.8 Å². The van der Waals surface area contributed by atoms with Crippen LogP contribution < -0.4 is 4.90 Å². The topological polar surface area (TPSA) is 6.48 Å². The van der Waals surface area contributed by atoms with Crippen molar-refractivity contribution in [2.75, 3.05) is 31.1 Å². The molecule has 0 amide bonds. The second-order valence-electron chi connectivity index (χ2n) is 5.35. The molecular weight excluding hydrogens is 270 g/mol. The van der Waals surface area contributed by atoms with Crippen LogP contribution in [-0.4, -0.2) is 37.1 Å². The Morgan fingerprint density at radius 2 is 1.89 bits per heavy atom. The van der Waals surface area contributed by atoms with Gasteiger partial charge in [-0.2, -0.15) is 0 Å². The van der Waals surface area contributed by atoms with Gasteiger partial charge in [-0.1, -0.05) is 11.6 Å². The Morgan fingerprint density at radius 3 is 2.68 bits per heavy atom. The van der Waals surface area contributed by atoms with Gasteiger partial charge in [0.15, 0.2) is 5.82 Å². The molecule has 104 valence electrons. The maximum Gasteiger partial charge on any atom is 0.150 e. The molecule has 0 bridgehead atoms. The fourth-order valence-electron chi connectivity index (χ4n) is 3.25. The third-order valence-electron chi connectivity index (χ3n) is 4.10. The van der Waals surface area contributed by atoms with Crippen molar-refractivity contribution in [1.29, 1.82) is 0 Å². The van der Waals surface area contributed by atoms with Crippen LogP contribution in [0.5, 0.6) is 0 Å². The first-order chi connectivity index (χ1) is 9.15. The zero-order chi connectivity index (χ0) is 13.4. The quantitative estimate of drug-likeness (QED) is 0.782. The van der Waals surface area contributed by atoms with Crippen LogP contribution in [0.3, 0.4) is 0 Å². The maximum absolute atomic E-state index is 14.0. The molecule has 1 aromatic carbocycles. The number of anilines is 1. The summed E-state index contributed by atoms with van der Waals surface area (Å²) >= 11 is 6.03. The van der Waals surface area contributed by atoms with Crippen molar-refractivity contribution in [3.63, 3.8) is 0 Å². The lowest BCUT2D eigenvalue weighted by Gasteiger charge is -2.28. The van der Waals surface area contributed by atoms with Crippen molar-refractivity contribution in [3.8, 4) is 0 Å². The zero-order valence-corrected chi connectivity index (χ0v) is 11.5. The first kappa shape index (κ1) is 13.1. The monoisotopic (exact) mass is 286 g/mol. The van der Waals surface area contributed by atoms with E-state index in [0.29, 0.717) is 11.7 Å². The second kappa shape index (κ2) is 5.25. The van der Waals surface area contributed by atoms with Gasteiger partial charge in [-0.3, -0.25) is 4.90 Å². The van der Waals surface area contributed by atoms with Crippen LogP contribution in [0.1, 0.15) is 19.3 Å². The molecule has 0 spiro atoms. The Morgan fingerprint density at radius 1 is 1.11 bits per heavy atom. The van der Waals surface area contributed by atoms with Crippen molar-refractivity contribution in [2.24, 2.45) is 0 Å². The number of hydrogen-bond donors (Lipinski definition) is 0. The highest BCUT2D eigenvalue weighted by Crippen LogP contribution is 2.33. The van der Waals surface area contributed by atoms with E-state index in [4.69, 9.17) is 11.6 Å². The van der Waals surface area contributed by atoms with Crippen LogP contribution in [0.4, 0.5) is 14.5 Å². The molecule has 1 aromatic rings. The molecule has 2 heterocycles. The fraction of sp³-hybridized carbons (Fsp3) is 0.571. The smallest absolute Gasteiger partial charge is 0.150 e. The Labute approximate surface area is 116 Å². The highest BCUT2D eigenvalue weighted by Gasteiger charge is 2.30. The molecular formula is C14H17ClF2N2. The Balaban J connectivity index is 1.89. The van der Waals surface area contributed by atoms with Crippen molar-refractivity contribution < 1.29 is 8.78 Å². The molecule has 19 heavy (non-hydrogen) atoms. The SMILES string of the molecule is Fc1cc(F)c(N2CCCN3CCCC3C2)c(Cl)c1. The van der Waals surface area contributed by atoms with E-state index in [1.54, 1.807) is 0 Å². The molecule has 2 aliphatic heterocycles. The summed E-state index contributed by atoms with van der Waals surface area (Å²) in [5.74, 6) is -1.18. The third-order valence-corrected chi connectivity index (χ3v) is 4.39. The van der Waals surface area contributed by atoms with Crippen LogP contribution in [-0.2, 0) is 0 Å². The van der Waals surface area contributed by atoms with Crippen LogP contribution >= 0.6 is 11.6 Å². The number of halogens is 3. The van der Waals surface area contributed by atoms with Gasteiger partial charge in [0.1, 0.15) is 5.82 Å². The van der Waals surface area contributed by atoms with Gasteiger partial charge in [0.2, 0.25) is 0 Å². The van der Waals surface area contributed by atoms with Crippen molar-refractivity contribution in [2.45, 2.75) is 25.3 Å². The number of hydrogen-bond acceptors (Lipinski definition) is 2. The van der Waals surface area contributed by atoms with Gasteiger partial charge in [-0.25, -0.2) is 8.78 Å². The molecule has 1 unspecified atom stereocenters. The summed E-state index contributed by atoms with van der Waals surface area (Å²) in [4.78, 5) is 4.45. The molecule has 0 N–H and O–H groups in total. The van der Waals surface area contributed by atoms with E-state index in [-0.39, 0.29) is 5.02 Å². The molecule has 2 fully saturated rings. The van der Waals surface area contributed by atoms with Gasteiger partial charge >= 0.3 is 0 Å². The summed E-state index contributed by atoms with van der Waals surface area (Å²) in [7, 11) is 0. The summed E-state index contributed by atoms with van der Waals surface area (Å²) in [5, 5.41) is 0.170. The lowest BCUT2D eigenvalue weighted by Crippen LogP contribution is -2.37. The minimum atomic E-state index is -0.622. The minimum absolute atomic E-state index is 0.170. The van der Waals surface area contributed by atoms with E-state index >= 15 is 0 Å². The molecule has 1 atom stereocenters. The molecule has 5 heteroatoms. The first-order valence-electron chi connectivity index (χ1n) is 6.78. The summed E-state index contributed by atoms with van der Waals surface area (Å²) in [5.41, 5.74) is 0.358. The van der Waals surface area contributed by atoms with Crippen LogP contribution in [0.25, 0.3) is 0 Å². The highest BCUT2D eigenvalue weighted by atomic mass is 35.5. The van der Waals surface area contributed by atoms with Crippen LogP contribution in [0, 0.1) is 11.6 Å². The number of nitrogens with zero attached hydrogens (tertiary/aromatic N) is 2. The Kier molecular flexibility index (Phi) is 3.63. The minimum Gasteiger partial charge on any atom is -0.366 e. The molecule has 0 aliphatic carbocycles. The van der Waals surface area contributed by atoms with Gasteiger partial charge in [0, 0.05) is 31.7 Å². The summed E-state index contributed by atoms with van der Waals surface area (Å²) in [6, 6.07) is 2.58. The van der Waals surface area contributed by atoms with E-state index in [1.807, 2.05) is 4.90 Å². The molecule has 0 aromatic heterocycles. The normalized spacial score (nSPS) is 24.4. The highest BCUT2D eigenvalue weighted by molar-refractivity contribution is 6.33. The van der Waals surface area contributed by atoms with Crippen molar-refractivity contribution in [1.82, 2.24) is 4.90 Å². The molecule has 0 radical (unpaired) electrons. The van der Waals surface area contributed by atoms with E-state index in [1.165, 1.54) is 12.5 Å². The standard InChI is InChI=1S/C14H17ClF2N2/c15-12-7-10(16)8-13(17)14(12)19-6-2-5-18-4-1-3-11(18)9-19/h7-8,11H,1-6,9H2. The Bertz CT molecular complexity index is 458. The predicted molar refractivity (Wildman–Crippen MR) is 72.8 cm³/mol. The van der Waals surface area contributed by atoms with E-state index in [2.05, 4.69) is 4.90 Å². The van der Waals surface area contributed by atoms with Crippen LogP contribution in [0.15, 0.2) is 12.1 Å². The zero-order valence-electron chi connectivity index (χ0n) is 10.7. The Hall–Kier alpha value is -0.870. The molecule has 3 rings (SSSR count). The lowest BCUT2D eigenvalue weighted by atomic mass is 10.2. The van der Waals surface area contributed by atoms with Gasteiger partial charge < -0.3 is 4.90 Å². The van der Waals surface area contributed by atoms with Gasteiger partial charge in [0.05, 0.1) is 10.7 Å². The lowest BCUT2D eigenvalue weighted by molar-refractivity contribution is 0.273. The van der Waals surface area contributed by atoms with Gasteiger partial charge in [-0.15, -0.1) is 0 Å². The average molecular weight is 287 g/mol. The summed E-state index contributed by atoms with van der Waals surface area (Å²) in [6.45, 7) is 3.75. The van der Waals surface area contributed by atoms with E-state index in [9.17, 15) is 8.78 Å². The average Bonchev–Trinajstić information content (AvgIpc) is 2.67. The van der Waals surface area contributed by atoms with Gasteiger partial charge in [-0.05, 0) is 31.9 Å². The van der Waals surface area contributed by atoms with Crippen molar-refractivity contribution >= 4 is 17.3 Å². The van der Waals surface area contributed by atoms with Gasteiger partial charge in [0.25, 0.3) is 0 Å². The molecule has 0 saturated carbocycles. The van der Waals surface area contributed by atoms with E-state index in [0.717, 1.165) is 45.1 Å². The second-order valence-corrected chi connectivity index (χ2v) is 5.76. The number of benzene rings is 1. The first-order valence-corrected chi connectivity index (χ1v) is 7.16. The summed E-state index contributed by atoms with van der Waals surface area (Å²) < 4.78 is 27.1. The third kappa shape index (κ3) is 2.56. The summed E-state index contributed by atoms with van der Waals surface area (Å²) in [6.07, 6.45) is 3.35. The molecule has 2 aliphatic rings. The predicted octanol–water partition coefficient (Wildman–Crippen LogP) is 3.29. The molecule has 2 nitrogen and oxygen atoms in total. The fourth-order valence-corrected chi connectivity index (χ4v) is 3.56.